The Morgan fingerprint density at radius 1 is 1.20 bits per heavy atom. The lowest BCUT2D eigenvalue weighted by Gasteiger charge is -2.07. The molecule has 20 heavy (non-hydrogen) atoms. The van der Waals surface area contributed by atoms with Gasteiger partial charge in [0, 0.05) is 11.8 Å². The zero-order valence-corrected chi connectivity index (χ0v) is 11.2. The maximum atomic E-state index is 13.6. The molecule has 2 aromatic rings. The number of rotatable bonds is 4. The number of hydrogen-bond donors (Lipinski definition) is 0. The number of carbonyl (C=O) groups is 1. The van der Waals surface area contributed by atoms with Crippen LogP contribution in [0, 0.1) is 5.82 Å². The topological polar surface area (TPSA) is 48.4 Å². The van der Waals surface area contributed by atoms with E-state index in [0.717, 1.165) is 6.07 Å². The Morgan fingerprint density at radius 2 is 2.00 bits per heavy atom. The zero-order valence-electron chi connectivity index (χ0n) is 11.2. The molecule has 0 N–H and O–H groups in total. The van der Waals surface area contributed by atoms with Crippen LogP contribution in [-0.4, -0.2) is 24.7 Å². The Bertz CT molecular complexity index is 628. The lowest BCUT2D eigenvalue weighted by Crippen LogP contribution is -2.02. The maximum Gasteiger partial charge on any atom is 0.337 e. The summed E-state index contributed by atoms with van der Waals surface area (Å²) in [6, 6.07) is 5.77. The molecule has 0 atom stereocenters. The van der Waals surface area contributed by atoms with E-state index in [0.29, 0.717) is 23.5 Å². The summed E-state index contributed by atoms with van der Waals surface area (Å²) >= 11 is 0. The number of halogens is 1. The number of hydrogen-bond acceptors (Lipinski definition) is 4. The molecule has 1 aromatic carbocycles. The molecule has 0 fully saturated rings. The van der Waals surface area contributed by atoms with Gasteiger partial charge in [0.05, 0.1) is 25.5 Å². The average Bonchev–Trinajstić information content (AvgIpc) is 2.46. The third-order valence-electron chi connectivity index (χ3n) is 2.68. The Kier molecular flexibility index (Phi) is 4.30. The third-order valence-corrected chi connectivity index (χ3v) is 2.68. The van der Waals surface area contributed by atoms with Crippen molar-refractivity contribution in [3.05, 3.63) is 48.0 Å². The highest BCUT2D eigenvalue weighted by molar-refractivity contribution is 5.91. The van der Waals surface area contributed by atoms with Gasteiger partial charge in [0.15, 0.2) is 0 Å². The summed E-state index contributed by atoms with van der Waals surface area (Å²) in [4.78, 5) is 15.5. The number of pyridine rings is 1. The van der Waals surface area contributed by atoms with E-state index in [-0.39, 0.29) is 5.56 Å². The first-order chi connectivity index (χ1) is 9.63. The van der Waals surface area contributed by atoms with Crippen molar-refractivity contribution in [2.24, 2.45) is 0 Å². The maximum absolute atomic E-state index is 13.6. The molecular weight excluding hydrogens is 261 g/mol. The quantitative estimate of drug-likeness (QED) is 0.805. The minimum Gasteiger partial charge on any atom is -0.492 e. The lowest BCUT2D eigenvalue weighted by atomic mass is 10.0. The van der Waals surface area contributed by atoms with Crippen molar-refractivity contribution < 1.29 is 18.7 Å². The van der Waals surface area contributed by atoms with Gasteiger partial charge in [-0.15, -0.1) is 0 Å². The zero-order chi connectivity index (χ0) is 14.5. The Labute approximate surface area is 116 Å². The first kappa shape index (κ1) is 14.0. The highest BCUT2D eigenvalue weighted by Gasteiger charge is 2.10. The molecule has 4 nitrogen and oxygen atoms in total. The van der Waals surface area contributed by atoms with Crippen LogP contribution in [0.4, 0.5) is 4.39 Å². The number of nitrogens with zero attached hydrogens (tertiary/aromatic N) is 1. The van der Waals surface area contributed by atoms with Gasteiger partial charge in [0.25, 0.3) is 0 Å². The highest BCUT2D eigenvalue weighted by Crippen LogP contribution is 2.25. The van der Waals surface area contributed by atoms with Crippen molar-refractivity contribution in [3.63, 3.8) is 0 Å². The molecule has 104 valence electrons. The Hall–Kier alpha value is -2.43. The fraction of sp³-hybridized carbons (Fsp3) is 0.200. The lowest BCUT2D eigenvalue weighted by molar-refractivity contribution is 0.0600. The molecule has 0 aliphatic heterocycles. The van der Waals surface area contributed by atoms with Gasteiger partial charge >= 0.3 is 5.97 Å². The van der Waals surface area contributed by atoms with Crippen LogP contribution in [0.2, 0.25) is 0 Å². The van der Waals surface area contributed by atoms with Crippen LogP contribution in [0.15, 0.2) is 36.7 Å². The molecule has 0 saturated heterocycles. The largest absolute Gasteiger partial charge is 0.492 e. The van der Waals surface area contributed by atoms with Gasteiger partial charge in [-0.2, -0.15) is 0 Å². The summed E-state index contributed by atoms with van der Waals surface area (Å²) in [5.41, 5.74) is 1.37. The summed E-state index contributed by atoms with van der Waals surface area (Å²) < 4.78 is 23.5. The fourth-order valence-electron chi connectivity index (χ4n) is 1.81. The van der Waals surface area contributed by atoms with Gasteiger partial charge in [-0.3, -0.25) is 4.98 Å². The standard InChI is InChI=1S/C15H14FNO3/c1-3-20-14-7-12(8-17-9-14)10-4-11(15(18)19-2)6-13(16)5-10/h4-9H,3H2,1-2H3. The second-order valence-electron chi connectivity index (χ2n) is 4.06. The molecule has 5 heteroatoms. The number of ether oxygens (including phenoxy) is 2. The van der Waals surface area contributed by atoms with Crippen molar-refractivity contribution in [3.8, 4) is 16.9 Å². The number of aromatic nitrogens is 1. The minimum absolute atomic E-state index is 0.157. The molecule has 1 aromatic heterocycles. The van der Waals surface area contributed by atoms with E-state index in [1.54, 1.807) is 24.5 Å². The predicted molar refractivity (Wildman–Crippen MR) is 72.1 cm³/mol. The van der Waals surface area contributed by atoms with Crippen LogP contribution in [0.3, 0.4) is 0 Å². The number of esters is 1. The first-order valence-corrected chi connectivity index (χ1v) is 6.11. The molecule has 0 saturated carbocycles. The predicted octanol–water partition coefficient (Wildman–Crippen LogP) is 3.07. The molecule has 0 amide bonds. The van der Waals surface area contributed by atoms with Crippen molar-refractivity contribution in [1.29, 1.82) is 0 Å². The highest BCUT2D eigenvalue weighted by atomic mass is 19.1. The molecule has 0 spiro atoms. The number of benzene rings is 1. The van der Waals surface area contributed by atoms with Gasteiger partial charge in [-0.05, 0) is 36.8 Å². The van der Waals surface area contributed by atoms with Gasteiger partial charge in [0.2, 0.25) is 0 Å². The Morgan fingerprint density at radius 3 is 2.70 bits per heavy atom. The molecule has 0 unspecified atom stereocenters. The second-order valence-corrected chi connectivity index (χ2v) is 4.06. The van der Waals surface area contributed by atoms with Crippen molar-refractivity contribution in [2.45, 2.75) is 6.92 Å². The van der Waals surface area contributed by atoms with E-state index < -0.39 is 11.8 Å². The molecular formula is C15H14FNO3. The second kappa shape index (κ2) is 6.14. The average molecular weight is 275 g/mol. The van der Waals surface area contributed by atoms with Crippen LogP contribution < -0.4 is 4.74 Å². The summed E-state index contributed by atoms with van der Waals surface area (Å²) in [5, 5.41) is 0. The van der Waals surface area contributed by atoms with Crippen molar-refractivity contribution in [2.75, 3.05) is 13.7 Å². The minimum atomic E-state index is -0.584. The van der Waals surface area contributed by atoms with E-state index in [4.69, 9.17) is 4.74 Å². The Balaban J connectivity index is 2.44. The first-order valence-electron chi connectivity index (χ1n) is 6.11. The molecule has 1 heterocycles. The monoisotopic (exact) mass is 275 g/mol. The third kappa shape index (κ3) is 3.12. The van der Waals surface area contributed by atoms with Crippen LogP contribution >= 0.6 is 0 Å². The molecule has 0 bridgehead atoms. The summed E-state index contributed by atoms with van der Waals surface area (Å²) in [6.07, 6.45) is 3.16. The van der Waals surface area contributed by atoms with Crippen LogP contribution in [0.5, 0.6) is 5.75 Å². The van der Waals surface area contributed by atoms with E-state index in [1.807, 2.05) is 6.92 Å². The number of methoxy groups -OCH3 is 1. The van der Waals surface area contributed by atoms with Crippen molar-refractivity contribution >= 4 is 5.97 Å². The van der Waals surface area contributed by atoms with E-state index in [1.165, 1.54) is 13.2 Å². The van der Waals surface area contributed by atoms with Gasteiger partial charge < -0.3 is 9.47 Å². The molecule has 0 aliphatic rings. The SMILES string of the molecule is CCOc1cncc(-c2cc(F)cc(C(=O)OC)c2)c1. The van der Waals surface area contributed by atoms with Gasteiger partial charge in [-0.1, -0.05) is 0 Å². The fourth-order valence-corrected chi connectivity index (χ4v) is 1.81. The summed E-state index contributed by atoms with van der Waals surface area (Å²) in [7, 11) is 1.25. The number of carbonyl (C=O) groups excluding carboxylic acids is 1. The van der Waals surface area contributed by atoms with Gasteiger partial charge in [0.1, 0.15) is 11.6 Å². The molecule has 0 radical (unpaired) electrons. The van der Waals surface area contributed by atoms with E-state index in [2.05, 4.69) is 9.72 Å². The normalized spacial score (nSPS) is 10.2. The molecule has 2 rings (SSSR count). The summed E-state index contributed by atoms with van der Waals surface area (Å²) in [5.74, 6) is -0.502. The van der Waals surface area contributed by atoms with E-state index >= 15 is 0 Å². The van der Waals surface area contributed by atoms with E-state index in [9.17, 15) is 9.18 Å². The van der Waals surface area contributed by atoms with Crippen LogP contribution in [0.1, 0.15) is 17.3 Å². The molecule has 0 aliphatic carbocycles. The van der Waals surface area contributed by atoms with Crippen LogP contribution in [0.25, 0.3) is 11.1 Å². The van der Waals surface area contributed by atoms with Gasteiger partial charge in [-0.25, -0.2) is 9.18 Å². The van der Waals surface area contributed by atoms with Crippen LogP contribution in [-0.2, 0) is 4.74 Å². The van der Waals surface area contributed by atoms with Crippen molar-refractivity contribution in [1.82, 2.24) is 4.98 Å². The summed E-state index contributed by atoms with van der Waals surface area (Å²) in [6.45, 7) is 2.38. The smallest absolute Gasteiger partial charge is 0.337 e.